The second kappa shape index (κ2) is 9.64. The van der Waals surface area contributed by atoms with Gasteiger partial charge in [-0.2, -0.15) is 13.2 Å². The van der Waals surface area contributed by atoms with E-state index in [9.17, 15) is 13.2 Å². The highest BCUT2D eigenvalue weighted by Crippen LogP contribution is 2.18. The summed E-state index contributed by atoms with van der Waals surface area (Å²) in [5.41, 5.74) is 0.885. The van der Waals surface area contributed by atoms with E-state index in [1.807, 2.05) is 0 Å². The molecule has 1 aromatic heterocycles. The molecule has 0 atom stereocenters. The van der Waals surface area contributed by atoms with Gasteiger partial charge in [0.15, 0.2) is 5.96 Å². The van der Waals surface area contributed by atoms with Gasteiger partial charge in [-0.3, -0.25) is 4.99 Å². The third-order valence-corrected chi connectivity index (χ3v) is 2.39. The molecule has 0 fully saturated rings. The van der Waals surface area contributed by atoms with Crippen LogP contribution in [0.3, 0.4) is 0 Å². The number of aliphatic imine (C=N–C) groups is 1. The first-order chi connectivity index (χ1) is 9.44. The van der Waals surface area contributed by atoms with E-state index >= 15 is 0 Å². The molecule has 0 aliphatic rings. The highest BCUT2D eigenvalue weighted by atomic mass is 127. The first kappa shape index (κ1) is 19.7. The normalized spacial score (nSPS) is 11.6. The van der Waals surface area contributed by atoms with Crippen LogP contribution in [-0.4, -0.2) is 37.8 Å². The van der Waals surface area contributed by atoms with Gasteiger partial charge in [-0.15, -0.1) is 24.0 Å². The lowest BCUT2D eigenvalue weighted by atomic mass is 10.2. The summed E-state index contributed by atoms with van der Waals surface area (Å²) in [5, 5.41) is 5.51. The highest BCUT2D eigenvalue weighted by Gasteiger charge is 2.26. The number of guanidine groups is 1. The molecule has 21 heavy (non-hydrogen) atoms. The molecular formula is C12H18F3IN4O. The maximum Gasteiger partial charge on any atom is 0.390 e. The van der Waals surface area contributed by atoms with Crippen LogP contribution in [0.1, 0.15) is 12.0 Å². The molecule has 0 aliphatic carbocycles. The fourth-order valence-electron chi connectivity index (χ4n) is 1.40. The van der Waals surface area contributed by atoms with E-state index in [-0.39, 0.29) is 30.5 Å². The third kappa shape index (κ3) is 8.58. The Hall–Kier alpha value is -1.26. The standard InChI is InChI=1S/C12H17F3N4O.HI/c1-16-11(18-6-4-12(13,14)15)19-8-9-3-5-17-10(7-9)20-2;/h3,5,7H,4,6,8H2,1-2H3,(H2,16,18,19);1H. The number of hydrogen-bond acceptors (Lipinski definition) is 3. The first-order valence-electron chi connectivity index (χ1n) is 5.95. The quantitative estimate of drug-likeness (QED) is 0.438. The van der Waals surface area contributed by atoms with E-state index in [1.165, 1.54) is 14.2 Å². The topological polar surface area (TPSA) is 58.5 Å². The lowest BCUT2D eigenvalue weighted by molar-refractivity contribution is -0.132. The minimum atomic E-state index is -4.18. The Labute approximate surface area is 138 Å². The monoisotopic (exact) mass is 418 g/mol. The Balaban J connectivity index is 0.00000400. The molecule has 0 radical (unpaired) electrons. The minimum absolute atomic E-state index is 0. The zero-order valence-electron chi connectivity index (χ0n) is 11.7. The third-order valence-electron chi connectivity index (χ3n) is 2.39. The van der Waals surface area contributed by atoms with Gasteiger partial charge in [-0.1, -0.05) is 0 Å². The Morgan fingerprint density at radius 3 is 2.67 bits per heavy atom. The van der Waals surface area contributed by atoms with Crippen LogP contribution in [0.15, 0.2) is 23.3 Å². The summed E-state index contributed by atoms with van der Waals surface area (Å²) in [6, 6.07) is 3.51. The lowest BCUT2D eigenvalue weighted by Gasteiger charge is -2.13. The largest absolute Gasteiger partial charge is 0.481 e. The van der Waals surface area contributed by atoms with Gasteiger partial charge in [0.05, 0.1) is 13.5 Å². The molecule has 0 bridgehead atoms. The summed E-state index contributed by atoms with van der Waals surface area (Å²) in [6.07, 6.45) is -3.49. The molecule has 0 amide bonds. The van der Waals surface area contributed by atoms with E-state index in [4.69, 9.17) is 4.74 Å². The number of rotatable bonds is 5. The molecule has 120 valence electrons. The van der Waals surface area contributed by atoms with Crippen molar-refractivity contribution >= 4 is 29.9 Å². The van der Waals surface area contributed by atoms with Crippen LogP contribution in [0.4, 0.5) is 13.2 Å². The van der Waals surface area contributed by atoms with Crippen LogP contribution in [0.25, 0.3) is 0 Å². The van der Waals surface area contributed by atoms with Gasteiger partial charge in [0, 0.05) is 32.4 Å². The molecule has 1 heterocycles. The van der Waals surface area contributed by atoms with E-state index < -0.39 is 12.6 Å². The second-order valence-electron chi connectivity index (χ2n) is 3.92. The zero-order valence-corrected chi connectivity index (χ0v) is 14.0. The molecular weight excluding hydrogens is 400 g/mol. The van der Waals surface area contributed by atoms with Crippen molar-refractivity contribution in [2.45, 2.75) is 19.1 Å². The SMILES string of the molecule is CN=C(NCCC(F)(F)F)NCc1ccnc(OC)c1.I. The van der Waals surface area contributed by atoms with Gasteiger partial charge in [0.25, 0.3) is 0 Å². The predicted molar refractivity (Wildman–Crippen MR) is 85.1 cm³/mol. The van der Waals surface area contributed by atoms with Crippen molar-refractivity contribution in [1.29, 1.82) is 0 Å². The number of nitrogens with zero attached hydrogens (tertiary/aromatic N) is 2. The number of alkyl halides is 3. The van der Waals surface area contributed by atoms with Crippen LogP contribution in [0, 0.1) is 0 Å². The van der Waals surface area contributed by atoms with Gasteiger partial charge in [0.2, 0.25) is 5.88 Å². The summed E-state index contributed by atoms with van der Waals surface area (Å²) >= 11 is 0. The van der Waals surface area contributed by atoms with Gasteiger partial charge in [-0.05, 0) is 11.6 Å². The van der Waals surface area contributed by atoms with Crippen molar-refractivity contribution in [3.63, 3.8) is 0 Å². The van der Waals surface area contributed by atoms with Gasteiger partial charge in [-0.25, -0.2) is 4.98 Å². The smallest absolute Gasteiger partial charge is 0.390 e. The van der Waals surface area contributed by atoms with Crippen LogP contribution >= 0.6 is 24.0 Å². The Morgan fingerprint density at radius 2 is 2.10 bits per heavy atom. The van der Waals surface area contributed by atoms with Crippen molar-refractivity contribution in [2.24, 2.45) is 4.99 Å². The van der Waals surface area contributed by atoms with Crippen molar-refractivity contribution in [3.05, 3.63) is 23.9 Å². The van der Waals surface area contributed by atoms with Gasteiger partial charge >= 0.3 is 6.18 Å². The van der Waals surface area contributed by atoms with E-state index in [0.717, 1.165) is 5.56 Å². The zero-order chi connectivity index (χ0) is 15.0. The molecule has 0 saturated carbocycles. The molecule has 1 aromatic rings. The van der Waals surface area contributed by atoms with E-state index in [2.05, 4.69) is 20.6 Å². The van der Waals surface area contributed by atoms with Crippen molar-refractivity contribution in [3.8, 4) is 5.88 Å². The van der Waals surface area contributed by atoms with Gasteiger partial charge < -0.3 is 15.4 Å². The Bertz CT molecular complexity index is 454. The minimum Gasteiger partial charge on any atom is -0.481 e. The molecule has 0 aromatic carbocycles. The number of nitrogens with one attached hydrogen (secondary N) is 2. The maximum atomic E-state index is 12.0. The van der Waals surface area contributed by atoms with Gasteiger partial charge in [0.1, 0.15) is 0 Å². The maximum absolute atomic E-state index is 12.0. The summed E-state index contributed by atoms with van der Waals surface area (Å²) in [6.45, 7) is 0.188. The second-order valence-corrected chi connectivity index (χ2v) is 3.92. The number of hydrogen-bond donors (Lipinski definition) is 2. The average molecular weight is 418 g/mol. The van der Waals surface area contributed by atoms with E-state index in [1.54, 1.807) is 18.3 Å². The highest BCUT2D eigenvalue weighted by molar-refractivity contribution is 14.0. The number of pyridine rings is 1. The summed E-state index contributed by atoms with van der Waals surface area (Å²) in [5.74, 6) is 0.786. The fourth-order valence-corrected chi connectivity index (χ4v) is 1.40. The number of halogens is 4. The molecule has 0 saturated heterocycles. The van der Waals surface area contributed by atoms with Crippen molar-refractivity contribution in [2.75, 3.05) is 20.7 Å². The molecule has 2 N–H and O–H groups in total. The average Bonchev–Trinajstić information content (AvgIpc) is 2.41. The van der Waals surface area contributed by atoms with Crippen LogP contribution in [-0.2, 0) is 6.54 Å². The molecule has 9 heteroatoms. The van der Waals surface area contributed by atoms with Crippen LogP contribution in [0.5, 0.6) is 5.88 Å². The van der Waals surface area contributed by atoms with Crippen LogP contribution < -0.4 is 15.4 Å². The Morgan fingerprint density at radius 1 is 1.38 bits per heavy atom. The lowest BCUT2D eigenvalue weighted by Crippen LogP contribution is -2.38. The van der Waals surface area contributed by atoms with Crippen molar-refractivity contribution in [1.82, 2.24) is 15.6 Å². The van der Waals surface area contributed by atoms with Crippen molar-refractivity contribution < 1.29 is 17.9 Å². The molecule has 5 nitrogen and oxygen atoms in total. The fraction of sp³-hybridized carbons (Fsp3) is 0.500. The summed E-state index contributed by atoms with van der Waals surface area (Å²) in [7, 11) is 3.01. The summed E-state index contributed by atoms with van der Waals surface area (Å²) in [4.78, 5) is 7.81. The number of aromatic nitrogens is 1. The molecule has 0 spiro atoms. The predicted octanol–water partition coefficient (Wildman–Crippen LogP) is 2.33. The van der Waals surface area contributed by atoms with Crippen LogP contribution in [0.2, 0.25) is 0 Å². The van der Waals surface area contributed by atoms with E-state index in [0.29, 0.717) is 18.4 Å². The summed E-state index contributed by atoms with van der Waals surface area (Å²) < 4.78 is 41.0. The molecule has 1 rings (SSSR count). The first-order valence-corrected chi connectivity index (χ1v) is 5.95. The molecule has 0 unspecified atom stereocenters. The number of ether oxygens (including phenoxy) is 1. The Kier molecular flexibility index (Phi) is 9.06. The molecule has 0 aliphatic heterocycles. The number of methoxy groups -OCH3 is 1.